The van der Waals surface area contributed by atoms with Crippen LogP contribution in [0, 0.1) is 11.8 Å². The fraction of sp³-hybridized carbons (Fsp3) is 0.739. The van der Waals surface area contributed by atoms with Gasteiger partial charge in [-0.05, 0) is 68.5 Å². The smallest absolute Gasteiger partial charge is 0.257 e. The number of nitrogens with zero attached hydrogens (tertiary/aromatic N) is 3. The molecule has 5 heteroatoms. The minimum Gasteiger partial charge on any atom is -0.369 e. The van der Waals surface area contributed by atoms with E-state index in [0.717, 1.165) is 88.2 Å². The van der Waals surface area contributed by atoms with Crippen LogP contribution in [0.5, 0.6) is 0 Å². The number of amides is 1. The highest BCUT2D eigenvalue weighted by molar-refractivity contribution is 5.99. The first-order valence-corrected chi connectivity index (χ1v) is 11.4. The Bertz CT molecular complexity index is 692. The number of hydrogen-bond donors (Lipinski definition) is 1. The summed E-state index contributed by atoms with van der Waals surface area (Å²) in [7, 11) is 0. The maximum Gasteiger partial charge on any atom is 0.257 e. The third-order valence-electron chi connectivity index (χ3n) is 6.45. The average molecular weight is 385 g/mol. The Hall–Kier alpha value is -1.62. The second-order valence-corrected chi connectivity index (χ2v) is 9.34. The van der Waals surface area contributed by atoms with E-state index in [1.165, 1.54) is 30.5 Å². The summed E-state index contributed by atoms with van der Waals surface area (Å²) >= 11 is 0. The van der Waals surface area contributed by atoms with Gasteiger partial charge in [0.15, 0.2) is 0 Å². The SMILES string of the molecule is CC(C)CCN1CCc2cc(C(=O)N3CCCC3)c(NCC3CC3)nc2CC1. The van der Waals surface area contributed by atoms with Crippen molar-refractivity contribution in [2.24, 2.45) is 11.8 Å². The lowest BCUT2D eigenvalue weighted by Gasteiger charge is -2.20. The van der Waals surface area contributed by atoms with E-state index in [2.05, 4.69) is 30.1 Å². The van der Waals surface area contributed by atoms with Crippen molar-refractivity contribution in [3.05, 3.63) is 22.9 Å². The van der Waals surface area contributed by atoms with Gasteiger partial charge in [0.05, 0.1) is 5.56 Å². The molecule has 1 saturated heterocycles. The molecule has 0 aromatic carbocycles. The second-order valence-electron chi connectivity index (χ2n) is 9.34. The molecule has 0 unspecified atom stereocenters. The molecule has 0 spiro atoms. The van der Waals surface area contributed by atoms with Crippen molar-refractivity contribution in [1.29, 1.82) is 0 Å². The molecule has 0 atom stereocenters. The van der Waals surface area contributed by atoms with Crippen LogP contribution < -0.4 is 5.32 Å². The van der Waals surface area contributed by atoms with Gasteiger partial charge >= 0.3 is 0 Å². The summed E-state index contributed by atoms with van der Waals surface area (Å²) in [6, 6.07) is 2.17. The van der Waals surface area contributed by atoms with Crippen LogP contribution in [0.25, 0.3) is 0 Å². The number of pyridine rings is 1. The van der Waals surface area contributed by atoms with Gasteiger partial charge in [0, 0.05) is 44.8 Å². The van der Waals surface area contributed by atoms with Gasteiger partial charge < -0.3 is 15.1 Å². The Balaban J connectivity index is 1.53. The summed E-state index contributed by atoms with van der Waals surface area (Å²) in [6.07, 6.45) is 8.10. The normalized spacial score (nSPS) is 20.3. The van der Waals surface area contributed by atoms with Gasteiger partial charge in [0.25, 0.3) is 5.91 Å². The molecule has 3 aliphatic rings. The molecule has 5 nitrogen and oxygen atoms in total. The quantitative estimate of drug-likeness (QED) is 0.780. The van der Waals surface area contributed by atoms with Crippen molar-refractivity contribution in [1.82, 2.24) is 14.8 Å². The van der Waals surface area contributed by atoms with Crippen molar-refractivity contribution >= 4 is 11.7 Å². The van der Waals surface area contributed by atoms with Crippen molar-refractivity contribution in [2.45, 2.75) is 58.8 Å². The molecule has 2 fully saturated rings. The van der Waals surface area contributed by atoms with E-state index in [-0.39, 0.29) is 5.91 Å². The Kier molecular flexibility index (Phi) is 6.19. The van der Waals surface area contributed by atoms with Crippen molar-refractivity contribution < 1.29 is 4.79 Å². The van der Waals surface area contributed by atoms with Crippen LogP contribution in [0.1, 0.15) is 67.6 Å². The third kappa shape index (κ3) is 4.86. The van der Waals surface area contributed by atoms with Crippen LogP contribution in [0.2, 0.25) is 0 Å². The average Bonchev–Trinajstić information content (AvgIpc) is 3.40. The summed E-state index contributed by atoms with van der Waals surface area (Å²) < 4.78 is 0. The maximum absolute atomic E-state index is 13.2. The van der Waals surface area contributed by atoms with Gasteiger partial charge in [-0.2, -0.15) is 0 Å². The Morgan fingerprint density at radius 2 is 1.93 bits per heavy atom. The Morgan fingerprint density at radius 1 is 1.18 bits per heavy atom. The number of hydrogen-bond acceptors (Lipinski definition) is 4. The highest BCUT2D eigenvalue weighted by Crippen LogP contribution is 2.30. The van der Waals surface area contributed by atoms with E-state index in [9.17, 15) is 4.79 Å². The minimum atomic E-state index is 0.173. The third-order valence-corrected chi connectivity index (χ3v) is 6.45. The monoisotopic (exact) mass is 384 g/mol. The number of likely N-dealkylation sites (tertiary alicyclic amines) is 1. The molecule has 1 amide bonds. The van der Waals surface area contributed by atoms with Crippen LogP contribution in [-0.4, -0.2) is 60.0 Å². The zero-order chi connectivity index (χ0) is 19.5. The maximum atomic E-state index is 13.2. The Labute approximate surface area is 169 Å². The fourth-order valence-electron chi connectivity index (χ4n) is 4.30. The molecule has 3 heterocycles. The molecule has 0 radical (unpaired) electrons. The second kappa shape index (κ2) is 8.81. The molecule has 4 rings (SSSR count). The van der Waals surface area contributed by atoms with Gasteiger partial charge in [-0.3, -0.25) is 4.79 Å². The van der Waals surface area contributed by atoms with Crippen molar-refractivity contribution in [3.63, 3.8) is 0 Å². The first kappa shape index (κ1) is 19.7. The predicted molar refractivity (Wildman–Crippen MR) is 114 cm³/mol. The van der Waals surface area contributed by atoms with Crippen LogP contribution >= 0.6 is 0 Å². The lowest BCUT2D eigenvalue weighted by molar-refractivity contribution is 0.0793. The van der Waals surface area contributed by atoms with Crippen LogP contribution in [0.15, 0.2) is 6.07 Å². The number of fused-ring (bicyclic) bond motifs is 1. The molecule has 1 saturated carbocycles. The number of anilines is 1. The first-order valence-electron chi connectivity index (χ1n) is 11.4. The molecule has 2 aliphatic heterocycles. The van der Waals surface area contributed by atoms with Gasteiger partial charge in [-0.15, -0.1) is 0 Å². The van der Waals surface area contributed by atoms with E-state index in [0.29, 0.717) is 0 Å². The molecule has 154 valence electrons. The highest BCUT2D eigenvalue weighted by Gasteiger charge is 2.27. The van der Waals surface area contributed by atoms with Crippen molar-refractivity contribution in [2.75, 3.05) is 44.6 Å². The topological polar surface area (TPSA) is 48.5 Å². The number of carbonyl (C=O) groups excluding carboxylic acids is 1. The largest absolute Gasteiger partial charge is 0.369 e. The summed E-state index contributed by atoms with van der Waals surface area (Å²) in [5.41, 5.74) is 3.28. The standard InChI is InChI=1S/C23H36N4O/c1-17(2)7-12-26-13-8-19-15-20(23(28)27-10-3-4-11-27)22(24-16-18-5-6-18)25-21(19)9-14-26/h15,17-18H,3-14,16H2,1-2H3,(H,24,25). The molecule has 1 N–H and O–H groups in total. The lowest BCUT2D eigenvalue weighted by Crippen LogP contribution is -2.29. The van der Waals surface area contributed by atoms with E-state index in [4.69, 9.17) is 4.98 Å². The van der Waals surface area contributed by atoms with Gasteiger partial charge in [0.2, 0.25) is 0 Å². The van der Waals surface area contributed by atoms with Crippen LogP contribution in [0.4, 0.5) is 5.82 Å². The molecule has 0 bridgehead atoms. The number of carbonyl (C=O) groups is 1. The first-order chi connectivity index (χ1) is 13.6. The van der Waals surface area contributed by atoms with Gasteiger partial charge in [-0.1, -0.05) is 13.8 Å². The summed E-state index contributed by atoms with van der Waals surface area (Å²) in [4.78, 5) is 22.8. The molecular weight excluding hydrogens is 348 g/mol. The van der Waals surface area contributed by atoms with Crippen LogP contribution in [0.3, 0.4) is 0 Å². The van der Waals surface area contributed by atoms with E-state index < -0.39 is 0 Å². The number of nitrogens with one attached hydrogen (secondary N) is 1. The van der Waals surface area contributed by atoms with E-state index >= 15 is 0 Å². The van der Waals surface area contributed by atoms with E-state index in [1.54, 1.807) is 0 Å². The number of rotatable bonds is 7. The zero-order valence-corrected chi connectivity index (χ0v) is 17.7. The van der Waals surface area contributed by atoms with Crippen LogP contribution in [-0.2, 0) is 12.8 Å². The molecule has 1 aromatic heterocycles. The Morgan fingerprint density at radius 3 is 2.64 bits per heavy atom. The summed E-state index contributed by atoms with van der Waals surface area (Å²) in [5, 5.41) is 3.53. The van der Waals surface area contributed by atoms with Crippen molar-refractivity contribution in [3.8, 4) is 0 Å². The summed E-state index contributed by atoms with van der Waals surface area (Å²) in [6.45, 7) is 10.6. The zero-order valence-electron chi connectivity index (χ0n) is 17.7. The van der Waals surface area contributed by atoms with Gasteiger partial charge in [-0.25, -0.2) is 4.98 Å². The summed E-state index contributed by atoms with van der Waals surface area (Å²) in [5.74, 6) is 2.51. The molecule has 1 aliphatic carbocycles. The lowest BCUT2D eigenvalue weighted by atomic mass is 10.0. The predicted octanol–water partition coefficient (Wildman–Crippen LogP) is 3.59. The highest BCUT2D eigenvalue weighted by atomic mass is 16.2. The number of aromatic nitrogens is 1. The molecular formula is C23H36N4O. The van der Waals surface area contributed by atoms with Gasteiger partial charge in [0.1, 0.15) is 5.82 Å². The van der Waals surface area contributed by atoms with E-state index in [1.807, 2.05) is 4.90 Å². The molecule has 28 heavy (non-hydrogen) atoms. The molecule has 1 aromatic rings. The minimum absolute atomic E-state index is 0.173. The fourth-order valence-corrected chi connectivity index (χ4v) is 4.30.